The Bertz CT molecular complexity index is 710. The van der Waals surface area contributed by atoms with E-state index in [4.69, 9.17) is 9.56 Å². The van der Waals surface area contributed by atoms with E-state index in [0.29, 0.717) is 0 Å². The van der Waals surface area contributed by atoms with Crippen molar-refractivity contribution in [2.75, 3.05) is 5.32 Å². The van der Waals surface area contributed by atoms with Gasteiger partial charge in [-0.25, -0.2) is 17.9 Å². The lowest BCUT2D eigenvalue weighted by molar-refractivity contribution is 0.0996. The van der Waals surface area contributed by atoms with Gasteiger partial charge in [-0.3, -0.25) is 4.79 Å². The zero-order valence-electron chi connectivity index (χ0n) is 9.46. The highest BCUT2D eigenvalue weighted by Gasteiger charge is 2.14. The Morgan fingerprint density at radius 1 is 1.32 bits per heavy atom. The van der Waals surface area contributed by atoms with Gasteiger partial charge in [-0.05, 0) is 30.3 Å². The number of nitrogens with two attached hydrogens (primary N) is 1. The Balaban J connectivity index is 2.25. The first-order chi connectivity index (χ1) is 8.88. The number of rotatable bonds is 3. The van der Waals surface area contributed by atoms with Gasteiger partial charge in [0.15, 0.2) is 5.76 Å². The number of hydrogen-bond donors (Lipinski definition) is 2. The number of amides is 1. The Labute approximate surface area is 108 Å². The Morgan fingerprint density at radius 3 is 2.58 bits per heavy atom. The summed E-state index contributed by atoms with van der Waals surface area (Å²) in [6.45, 7) is 0. The van der Waals surface area contributed by atoms with Crippen LogP contribution in [-0.2, 0) is 10.0 Å². The molecule has 100 valence electrons. The molecule has 0 radical (unpaired) electrons. The molecule has 1 aromatic carbocycles. The van der Waals surface area contributed by atoms with Crippen LogP contribution in [0, 0.1) is 5.82 Å². The van der Waals surface area contributed by atoms with E-state index >= 15 is 0 Å². The number of halogens is 1. The van der Waals surface area contributed by atoms with Gasteiger partial charge in [0.25, 0.3) is 5.91 Å². The molecule has 8 heteroatoms. The molecule has 19 heavy (non-hydrogen) atoms. The number of primary sulfonamides is 1. The number of nitrogens with one attached hydrogen (secondary N) is 1. The topological polar surface area (TPSA) is 102 Å². The van der Waals surface area contributed by atoms with Gasteiger partial charge in [-0.2, -0.15) is 0 Å². The second kappa shape index (κ2) is 4.82. The van der Waals surface area contributed by atoms with E-state index in [1.165, 1.54) is 18.4 Å². The quantitative estimate of drug-likeness (QED) is 0.887. The van der Waals surface area contributed by atoms with Crippen LogP contribution in [0.25, 0.3) is 0 Å². The van der Waals surface area contributed by atoms with Gasteiger partial charge in [-0.1, -0.05) is 0 Å². The standard InChI is InChI=1S/C11H9FN2O4S/c12-8-6-7(19(13,16)17)3-4-9(8)14-11(15)10-2-1-5-18-10/h1-6H,(H,14,15)(H2,13,16,17). The van der Waals surface area contributed by atoms with Gasteiger partial charge in [0.05, 0.1) is 16.8 Å². The van der Waals surface area contributed by atoms with E-state index in [1.54, 1.807) is 0 Å². The predicted molar refractivity (Wildman–Crippen MR) is 64.4 cm³/mol. The Kier molecular flexibility index (Phi) is 3.36. The third kappa shape index (κ3) is 2.98. The zero-order chi connectivity index (χ0) is 14.0. The molecule has 0 aliphatic carbocycles. The van der Waals surface area contributed by atoms with Gasteiger partial charge >= 0.3 is 0 Å². The molecule has 1 heterocycles. The van der Waals surface area contributed by atoms with Crippen LogP contribution in [-0.4, -0.2) is 14.3 Å². The first kappa shape index (κ1) is 13.2. The molecule has 0 aliphatic rings. The maximum absolute atomic E-state index is 13.6. The van der Waals surface area contributed by atoms with Gasteiger partial charge < -0.3 is 9.73 Å². The summed E-state index contributed by atoms with van der Waals surface area (Å²) in [5.74, 6) is -1.55. The molecular weight excluding hydrogens is 275 g/mol. The van der Waals surface area contributed by atoms with Gasteiger partial charge in [0, 0.05) is 0 Å². The van der Waals surface area contributed by atoms with Crippen molar-refractivity contribution in [3.63, 3.8) is 0 Å². The summed E-state index contributed by atoms with van der Waals surface area (Å²) >= 11 is 0. The monoisotopic (exact) mass is 284 g/mol. The fourth-order valence-corrected chi connectivity index (χ4v) is 1.89. The lowest BCUT2D eigenvalue weighted by Crippen LogP contribution is -2.15. The van der Waals surface area contributed by atoms with Crippen molar-refractivity contribution in [3.05, 3.63) is 48.2 Å². The van der Waals surface area contributed by atoms with Crippen molar-refractivity contribution in [3.8, 4) is 0 Å². The molecule has 0 fully saturated rings. The summed E-state index contributed by atoms with van der Waals surface area (Å²) in [5.41, 5.74) is -0.172. The normalized spacial score (nSPS) is 11.3. The van der Waals surface area contributed by atoms with Crippen LogP contribution in [0.4, 0.5) is 10.1 Å². The van der Waals surface area contributed by atoms with Crippen molar-refractivity contribution in [2.45, 2.75) is 4.90 Å². The minimum absolute atomic E-state index is 0.00919. The highest BCUT2D eigenvalue weighted by atomic mass is 32.2. The molecule has 2 aromatic rings. The molecule has 1 amide bonds. The summed E-state index contributed by atoms with van der Waals surface area (Å²) < 4.78 is 40.5. The molecule has 0 atom stereocenters. The second-order valence-corrected chi connectivity index (χ2v) is 5.18. The fraction of sp³-hybridized carbons (Fsp3) is 0. The summed E-state index contributed by atoms with van der Waals surface area (Å²) in [4.78, 5) is 11.2. The highest BCUT2D eigenvalue weighted by Crippen LogP contribution is 2.19. The Hall–Kier alpha value is -2.19. The number of benzene rings is 1. The van der Waals surface area contributed by atoms with E-state index < -0.39 is 21.7 Å². The third-order valence-electron chi connectivity index (χ3n) is 2.26. The molecule has 0 saturated carbocycles. The van der Waals surface area contributed by atoms with Crippen LogP contribution in [0.1, 0.15) is 10.6 Å². The zero-order valence-corrected chi connectivity index (χ0v) is 10.3. The molecule has 0 saturated heterocycles. The molecule has 0 aliphatic heterocycles. The minimum atomic E-state index is -3.98. The van der Waals surface area contributed by atoms with E-state index in [1.807, 2.05) is 0 Å². The number of anilines is 1. The average Bonchev–Trinajstić information content (AvgIpc) is 2.84. The maximum Gasteiger partial charge on any atom is 0.291 e. The minimum Gasteiger partial charge on any atom is -0.459 e. The van der Waals surface area contributed by atoms with Crippen molar-refractivity contribution < 1.29 is 22.0 Å². The molecule has 0 spiro atoms. The number of sulfonamides is 1. The van der Waals surface area contributed by atoms with Crippen molar-refractivity contribution in [1.82, 2.24) is 0 Å². The van der Waals surface area contributed by atoms with Crippen molar-refractivity contribution >= 4 is 21.6 Å². The van der Waals surface area contributed by atoms with E-state index in [9.17, 15) is 17.6 Å². The van der Waals surface area contributed by atoms with Crippen LogP contribution in [0.2, 0.25) is 0 Å². The highest BCUT2D eigenvalue weighted by molar-refractivity contribution is 7.89. The molecule has 6 nitrogen and oxygen atoms in total. The summed E-state index contributed by atoms with van der Waals surface area (Å²) in [6.07, 6.45) is 1.30. The second-order valence-electron chi connectivity index (χ2n) is 3.62. The SMILES string of the molecule is NS(=O)(=O)c1ccc(NC(=O)c2ccco2)c(F)c1. The average molecular weight is 284 g/mol. The van der Waals surface area contributed by atoms with Crippen LogP contribution < -0.4 is 10.5 Å². The number of hydrogen-bond acceptors (Lipinski definition) is 4. The molecule has 3 N–H and O–H groups in total. The predicted octanol–water partition coefficient (Wildman–Crippen LogP) is 1.32. The summed E-state index contributed by atoms with van der Waals surface area (Å²) in [7, 11) is -3.98. The van der Waals surface area contributed by atoms with Gasteiger partial charge in [0.1, 0.15) is 5.82 Å². The lowest BCUT2D eigenvalue weighted by Gasteiger charge is -2.06. The van der Waals surface area contributed by atoms with Crippen LogP contribution in [0.15, 0.2) is 45.9 Å². The van der Waals surface area contributed by atoms with E-state index in [-0.39, 0.29) is 16.3 Å². The van der Waals surface area contributed by atoms with Crippen molar-refractivity contribution in [2.24, 2.45) is 5.14 Å². The summed E-state index contributed by atoms with van der Waals surface area (Å²) in [6, 6.07) is 5.85. The first-order valence-electron chi connectivity index (χ1n) is 5.05. The maximum atomic E-state index is 13.6. The summed E-state index contributed by atoms with van der Waals surface area (Å²) in [5, 5.41) is 7.11. The molecule has 1 aromatic heterocycles. The molecule has 0 bridgehead atoms. The van der Waals surface area contributed by atoms with Gasteiger partial charge in [-0.15, -0.1) is 0 Å². The Morgan fingerprint density at radius 2 is 2.05 bits per heavy atom. The smallest absolute Gasteiger partial charge is 0.291 e. The molecule has 0 unspecified atom stereocenters. The fourth-order valence-electron chi connectivity index (χ4n) is 1.37. The lowest BCUT2D eigenvalue weighted by atomic mass is 10.3. The molecule has 2 rings (SSSR count). The number of furan rings is 1. The van der Waals surface area contributed by atoms with Crippen LogP contribution >= 0.6 is 0 Å². The van der Waals surface area contributed by atoms with E-state index in [0.717, 1.165) is 18.2 Å². The third-order valence-corrected chi connectivity index (χ3v) is 3.17. The van der Waals surface area contributed by atoms with Gasteiger partial charge in [0.2, 0.25) is 10.0 Å². The van der Waals surface area contributed by atoms with Crippen molar-refractivity contribution in [1.29, 1.82) is 0 Å². The van der Waals surface area contributed by atoms with E-state index in [2.05, 4.69) is 5.32 Å². The van der Waals surface area contributed by atoms with Crippen LogP contribution in [0.3, 0.4) is 0 Å². The number of carbonyl (C=O) groups excluding carboxylic acids is 1. The largest absolute Gasteiger partial charge is 0.459 e. The number of carbonyl (C=O) groups is 1. The van der Waals surface area contributed by atoms with Crippen LogP contribution in [0.5, 0.6) is 0 Å². The first-order valence-corrected chi connectivity index (χ1v) is 6.60. The molecular formula is C11H9FN2O4S.